The highest BCUT2D eigenvalue weighted by Crippen LogP contribution is 2.17. The number of unbranched alkanes of at least 4 members (excludes halogenated alkanes) is 37. The Balaban J connectivity index is 4.28. The second-order valence-corrected chi connectivity index (χ2v) is 21.3. The number of hydrogen-bond acceptors (Lipinski definition) is 6. The molecule has 0 rings (SSSR count). The van der Waals surface area contributed by atoms with Gasteiger partial charge in [-0.1, -0.05) is 287 Å². The summed E-state index contributed by atoms with van der Waals surface area (Å²) in [6.07, 6.45) is 78.0. The fraction of sp³-hybridized carbons (Fsp3) is 0.806. The molecule has 0 aliphatic rings. The van der Waals surface area contributed by atoms with Crippen LogP contribution in [0.3, 0.4) is 0 Å². The Bertz CT molecular complexity index is 1310. The van der Waals surface area contributed by atoms with Crippen molar-refractivity contribution < 1.29 is 28.6 Å². The summed E-state index contributed by atoms with van der Waals surface area (Å²) < 4.78 is 16.9. The molecule has 6 nitrogen and oxygen atoms in total. The maximum absolute atomic E-state index is 12.9. The highest BCUT2D eigenvalue weighted by Gasteiger charge is 2.19. The first-order valence-electron chi connectivity index (χ1n) is 31.8. The van der Waals surface area contributed by atoms with Crippen LogP contribution >= 0.6 is 0 Å². The van der Waals surface area contributed by atoms with Gasteiger partial charge in [0, 0.05) is 19.3 Å². The summed E-state index contributed by atoms with van der Waals surface area (Å²) in [6.45, 7) is 6.54. The Labute approximate surface area is 453 Å². The molecule has 0 N–H and O–H groups in total. The molecule has 0 aliphatic carbocycles. The number of carbonyl (C=O) groups is 3. The van der Waals surface area contributed by atoms with Gasteiger partial charge in [0.25, 0.3) is 0 Å². The second-order valence-electron chi connectivity index (χ2n) is 21.3. The lowest BCUT2D eigenvalue weighted by Gasteiger charge is -2.18. The van der Waals surface area contributed by atoms with E-state index in [4.69, 9.17) is 14.2 Å². The monoisotopic (exact) mass is 1020 g/mol. The molecule has 0 amide bonds. The van der Waals surface area contributed by atoms with Gasteiger partial charge in [-0.05, 0) is 83.5 Å². The fourth-order valence-corrected chi connectivity index (χ4v) is 9.25. The van der Waals surface area contributed by atoms with E-state index >= 15 is 0 Å². The summed E-state index contributed by atoms with van der Waals surface area (Å²) in [5, 5.41) is 0. The standard InChI is InChI=1S/C67H120O6/c1-4-7-10-13-16-19-22-25-27-29-31-33-34-35-37-38-40-42-45-48-51-54-57-60-66(69)72-63-64(62-71-65(68)59-56-53-50-47-44-24-21-18-15-12-9-6-3)73-67(70)61-58-55-52-49-46-43-41-39-36-32-30-28-26-23-20-17-14-11-8-5-2/h7,10,16,18-19,21,25,27,31,33,64H,4-6,8-9,11-15,17,20,22-24,26,28-30,32,34-63H2,1-3H3/b10-7-,19-16-,21-18-,27-25-,33-31-. The fourth-order valence-electron chi connectivity index (χ4n) is 9.25. The second kappa shape index (κ2) is 61.7. The number of ether oxygens (including phenoxy) is 3. The summed E-state index contributed by atoms with van der Waals surface area (Å²) >= 11 is 0. The predicted octanol–water partition coefficient (Wildman–Crippen LogP) is 21.6. The molecule has 1 unspecified atom stereocenters. The van der Waals surface area contributed by atoms with Crippen LogP contribution in [0.4, 0.5) is 0 Å². The van der Waals surface area contributed by atoms with E-state index in [0.717, 1.165) is 89.9 Å². The van der Waals surface area contributed by atoms with Crippen LogP contribution in [0.15, 0.2) is 60.8 Å². The molecule has 0 heterocycles. The molecular weight excluding hydrogens is 901 g/mol. The van der Waals surface area contributed by atoms with Gasteiger partial charge in [0.05, 0.1) is 0 Å². The number of rotatable bonds is 58. The number of esters is 3. The van der Waals surface area contributed by atoms with Crippen molar-refractivity contribution in [1.82, 2.24) is 0 Å². The van der Waals surface area contributed by atoms with E-state index in [0.29, 0.717) is 19.3 Å². The van der Waals surface area contributed by atoms with Crippen molar-refractivity contribution in [2.75, 3.05) is 13.2 Å². The SMILES string of the molecule is CC/C=C\C/C=C\C/C=C\C/C=C\CCCCCCCCCCCCC(=O)OCC(COC(=O)CCCCCCC/C=C\CCCCC)OC(=O)CCCCCCCCCCCCCCCCCCCCCC. The Morgan fingerprint density at radius 3 is 0.877 bits per heavy atom. The van der Waals surface area contributed by atoms with E-state index in [-0.39, 0.29) is 31.1 Å². The van der Waals surface area contributed by atoms with Crippen LogP contribution in [0.1, 0.15) is 329 Å². The average molecular weight is 1020 g/mol. The maximum atomic E-state index is 12.9. The zero-order valence-corrected chi connectivity index (χ0v) is 48.7. The van der Waals surface area contributed by atoms with E-state index in [1.165, 1.54) is 199 Å². The number of carbonyl (C=O) groups excluding carboxylic acids is 3. The van der Waals surface area contributed by atoms with Gasteiger partial charge in [0.2, 0.25) is 0 Å². The third-order valence-corrected chi connectivity index (χ3v) is 14.0. The van der Waals surface area contributed by atoms with Gasteiger partial charge >= 0.3 is 17.9 Å². The third kappa shape index (κ3) is 59.9. The molecule has 0 radical (unpaired) electrons. The van der Waals surface area contributed by atoms with Crippen LogP contribution in [0, 0.1) is 0 Å². The van der Waals surface area contributed by atoms with Crippen molar-refractivity contribution in [3.8, 4) is 0 Å². The number of hydrogen-bond donors (Lipinski definition) is 0. The predicted molar refractivity (Wildman–Crippen MR) is 316 cm³/mol. The lowest BCUT2D eigenvalue weighted by molar-refractivity contribution is -0.167. The van der Waals surface area contributed by atoms with Crippen molar-refractivity contribution in [2.45, 2.75) is 335 Å². The quantitative estimate of drug-likeness (QED) is 0.0261. The summed E-state index contributed by atoms with van der Waals surface area (Å²) in [7, 11) is 0. The Morgan fingerprint density at radius 2 is 0.534 bits per heavy atom. The van der Waals surface area contributed by atoms with Crippen LogP contribution in [-0.2, 0) is 28.6 Å². The van der Waals surface area contributed by atoms with Crippen molar-refractivity contribution in [2.24, 2.45) is 0 Å². The van der Waals surface area contributed by atoms with Gasteiger partial charge in [0.15, 0.2) is 6.10 Å². The minimum atomic E-state index is -0.778. The smallest absolute Gasteiger partial charge is 0.306 e. The van der Waals surface area contributed by atoms with Gasteiger partial charge in [-0.25, -0.2) is 0 Å². The first-order chi connectivity index (χ1) is 36.0. The normalized spacial score (nSPS) is 12.4. The Hall–Kier alpha value is -2.89. The third-order valence-electron chi connectivity index (χ3n) is 14.0. The lowest BCUT2D eigenvalue weighted by Crippen LogP contribution is -2.30. The Morgan fingerprint density at radius 1 is 0.288 bits per heavy atom. The first-order valence-corrected chi connectivity index (χ1v) is 31.8. The molecule has 0 spiro atoms. The highest BCUT2D eigenvalue weighted by molar-refractivity contribution is 5.71. The average Bonchev–Trinajstić information content (AvgIpc) is 3.39. The lowest BCUT2D eigenvalue weighted by atomic mass is 10.0. The summed E-state index contributed by atoms with van der Waals surface area (Å²) in [5.41, 5.74) is 0. The number of allylic oxidation sites excluding steroid dienone is 10. The molecule has 0 saturated carbocycles. The van der Waals surface area contributed by atoms with Crippen molar-refractivity contribution in [3.63, 3.8) is 0 Å². The summed E-state index contributed by atoms with van der Waals surface area (Å²) in [6, 6.07) is 0. The van der Waals surface area contributed by atoms with E-state index in [9.17, 15) is 14.4 Å². The molecular formula is C67H120O6. The minimum absolute atomic E-state index is 0.0758. The molecule has 0 fully saturated rings. The van der Waals surface area contributed by atoms with Crippen LogP contribution < -0.4 is 0 Å². The minimum Gasteiger partial charge on any atom is -0.462 e. The van der Waals surface area contributed by atoms with Crippen molar-refractivity contribution in [3.05, 3.63) is 60.8 Å². The van der Waals surface area contributed by atoms with Gasteiger partial charge in [0.1, 0.15) is 13.2 Å². The summed E-state index contributed by atoms with van der Waals surface area (Å²) in [5.74, 6) is -0.870. The first kappa shape index (κ1) is 70.1. The molecule has 0 aromatic carbocycles. The maximum Gasteiger partial charge on any atom is 0.306 e. The van der Waals surface area contributed by atoms with E-state index in [2.05, 4.69) is 81.5 Å². The van der Waals surface area contributed by atoms with Crippen molar-refractivity contribution in [1.29, 1.82) is 0 Å². The van der Waals surface area contributed by atoms with Gasteiger partial charge in [-0.3, -0.25) is 14.4 Å². The molecule has 6 heteroatoms. The van der Waals surface area contributed by atoms with Crippen LogP contribution in [0.25, 0.3) is 0 Å². The van der Waals surface area contributed by atoms with E-state index in [1.807, 2.05) is 0 Å². The van der Waals surface area contributed by atoms with Crippen LogP contribution in [0.5, 0.6) is 0 Å². The summed E-state index contributed by atoms with van der Waals surface area (Å²) in [4.78, 5) is 38.3. The Kier molecular flexibility index (Phi) is 59.2. The van der Waals surface area contributed by atoms with Crippen molar-refractivity contribution >= 4 is 17.9 Å². The van der Waals surface area contributed by atoms with Crippen LogP contribution in [-0.4, -0.2) is 37.2 Å². The van der Waals surface area contributed by atoms with E-state index < -0.39 is 6.10 Å². The molecule has 0 aromatic heterocycles. The topological polar surface area (TPSA) is 78.9 Å². The highest BCUT2D eigenvalue weighted by atomic mass is 16.6. The van der Waals surface area contributed by atoms with E-state index in [1.54, 1.807) is 0 Å². The van der Waals surface area contributed by atoms with Gasteiger partial charge in [-0.2, -0.15) is 0 Å². The zero-order valence-electron chi connectivity index (χ0n) is 48.7. The van der Waals surface area contributed by atoms with Crippen LogP contribution in [0.2, 0.25) is 0 Å². The molecule has 1 atom stereocenters. The molecule has 0 saturated heterocycles. The molecule has 0 aliphatic heterocycles. The molecule has 0 bridgehead atoms. The molecule has 0 aromatic rings. The molecule has 73 heavy (non-hydrogen) atoms. The zero-order chi connectivity index (χ0) is 52.9. The van der Waals surface area contributed by atoms with Gasteiger partial charge < -0.3 is 14.2 Å². The molecule has 424 valence electrons. The largest absolute Gasteiger partial charge is 0.462 e. The van der Waals surface area contributed by atoms with Gasteiger partial charge in [-0.15, -0.1) is 0 Å².